The molecule has 2 aromatic rings. The molecule has 0 bridgehead atoms. The summed E-state index contributed by atoms with van der Waals surface area (Å²) in [6, 6.07) is 5.20. The van der Waals surface area contributed by atoms with Crippen LogP contribution in [-0.4, -0.2) is 16.5 Å². The van der Waals surface area contributed by atoms with Crippen LogP contribution in [-0.2, 0) is 13.0 Å². The topological polar surface area (TPSA) is 68.1 Å². The van der Waals surface area contributed by atoms with Crippen molar-refractivity contribution in [2.75, 3.05) is 6.54 Å². The molecule has 0 amide bonds. The van der Waals surface area contributed by atoms with Gasteiger partial charge >= 0.3 is 0 Å². The van der Waals surface area contributed by atoms with Gasteiger partial charge in [-0.05, 0) is 25.8 Å². The molecule has 0 spiro atoms. The SMILES string of the molecule is Cc1ncsc1CCNCc1cccc([N+](=O)[O-])c1C. The van der Waals surface area contributed by atoms with Gasteiger partial charge in [-0.2, -0.15) is 0 Å². The van der Waals surface area contributed by atoms with Crippen molar-refractivity contribution in [1.29, 1.82) is 0 Å². The quantitative estimate of drug-likeness (QED) is 0.504. The monoisotopic (exact) mass is 291 g/mol. The fraction of sp³-hybridized carbons (Fsp3) is 0.357. The zero-order valence-corrected chi connectivity index (χ0v) is 12.4. The van der Waals surface area contributed by atoms with Gasteiger partial charge in [0.05, 0.1) is 16.1 Å². The second-order valence-electron chi connectivity index (χ2n) is 4.61. The molecule has 0 atom stereocenters. The Balaban J connectivity index is 1.90. The number of nitro groups is 1. The average molecular weight is 291 g/mol. The van der Waals surface area contributed by atoms with Crippen molar-refractivity contribution in [3.8, 4) is 0 Å². The molecule has 5 nitrogen and oxygen atoms in total. The van der Waals surface area contributed by atoms with Crippen molar-refractivity contribution in [1.82, 2.24) is 10.3 Å². The van der Waals surface area contributed by atoms with Gasteiger partial charge in [-0.25, -0.2) is 4.98 Å². The molecule has 6 heteroatoms. The van der Waals surface area contributed by atoms with E-state index in [1.807, 2.05) is 18.5 Å². The van der Waals surface area contributed by atoms with Crippen molar-refractivity contribution >= 4 is 17.0 Å². The highest BCUT2D eigenvalue weighted by atomic mass is 32.1. The molecule has 0 saturated carbocycles. The molecule has 0 radical (unpaired) electrons. The van der Waals surface area contributed by atoms with E-state index in [2.05, 4.69) is 10.3 Å². The van der Waals surface area contributed by atoms with Gasteiger partial charge in [0.25, 0.3) is 5.69 Å². The van der Waals surface area contributed by atoms with Crippen LogP contribution in [0.4, 0.5) is 5.69 Å². The van der Waals surface area contributed by atoms with Crippen LogP contribution in [0.5, 0.6) is 0 Å². The number of aryl methyl sites for hydroxylation is 1. The van der Waals surface area contributed by atoms with Crippen LogP contribution in [0.1, 0.15) is 21.7 Å². The molecule has 1 aromatic carbocycles. The number of benzene rings is 1. The number of thiazole rings is 1. The number of hydrogen-bond acceptors (Lipinski definition) is 5. The highest BCUT2D eigenvalue weighted by molar-refractivity contribution is 7.09. The Morgan fingerprint density at radius 2 is 2.20 bits per heavy atom. The molecular weight excluding hydrogens is 274 g/mol. The third-order valence-electron chi connectivity index (χ3n) is 3.30. The van der Waals surface area contributed by atoms with Gasteiger partial charge in [-0.15, -0.1) is 11.3 Å². The first-order chi connectivity index (χ1) is 9.59. The zero-order chi connectivity index (χ0) is 14.5. The van der Waals surface area contributed by atoms with Gasteiger partial charge in [0.1, 0.15) is 0 Å². The first kappa shape index (κ1) is 14.6. The molecule has 0 saturated heterocycles. The molecule has 0 aliphatic carbocycles. The Labute approximate surface area is 121 Å². The van der Waals surface area contributed by atoms with Crippen LogP contribution in [0.2, 0.25) is 0 Å². The van der Waals surface area contributed by atoms with Crippen molar-refractivity contribution in [2.24, 2.45) is 0 Å². The Morgan fingerprint density at radius 1 is 1.40 bits per heavy atom. The van der Waals surface area contributed by atoms with Gasteiger partial charge < -0.3 is 5.32 Å². The molecule has 0 unspecified atom stereocenters. The minimum Gasteiger partial charge on any atom is -0.312 e. The van der Waals surface area contributed by atoms with Crippen LogP contribution in [0.25, 0.3) is 0 Å². The molecule has 0 fully saturated rings. The first-order valence-electron chi connectivity index (χ1n) is 6.42. The maximum absolute atomic E-state index is 10.9. The van der Waals surface area contributed by atoms with E-state index in [4.69, 9.17) is 0 Å². The lowest BCUT2D eigenvalue weighted by molar-refractivity contribution is -0.385. The van der Waals surface area contributed by atoms with E-state index in [0.717, 1.165) is 29.8 Å². The van der Waals surface area contributed by atoms with Crippen LogP contribution in [0, 0.1) is 24.0 Å². The third-order valence-corrected chi connectivity index (χ3v) is 4.30. The smallest absolute Gasteiger partial charge is 0.272 e. The van der Waals surface area contributed by atoms with E-state index in [0.29, 0.717) is 6.54 Å². The van der Waals surface area contributed by atoms with Crippen LogP contribution in [0.3, 0.4) is 0 Å². The van der Waals surface area contributed by atoms with E-state index in [1.54, 1.807) is 30.4 Å². The minimum absolute atomic E-state index is 0.183. The Hall–Kier alpha value is -1.79. The van der Waals surface area contributed by atoms with Crippen LogP contribution >= 0.6 is 11.3 Å². The third kappa shape index (κ3) is 3.40. The summed E-state index contributed by atoms with van der Waals surface area (Å²) in [5, 5.41) is 14.2. The number of aromatic nitrogens is 1. The van der Waals surface area contributed by atoms with Gasteiger partial charge in [0, 0.05) is 29.6 Å². The van der Waals surface area contributed by atoms with Crippen molar-refractivity contribution < 1.29 is 4.92 Å². The lowest BCUT2D eigenvalue weighted by Crippen LogP contribution is -2.17. The second kappa shape index (κ2) is 6.58. The van der Waals surface area contributed by atoms with E-state index in [-0.39, 0.29) is 10.6 Å². The highest BCUT2D eigenvalue weighted by Crippen LogP contribution is 2.20. The molecule has 0 aliphatic rings. The molecule has 106 valence electrons. The largest absolute Gasteiger partial charge is 0.312 e. The predicted molar refractivity (Wildman–Crippen MR) is 80.1 cm³/mol. The summed E-state index contributed by atoms with van der Waals surface area (Å²) in [7, 11) is 0. The second-order valence-corrected chi connectivity index (χ2v) is 5.55. The maximum atomic E-state index is 10.9. The summed E-state index contributed by atoms with van der Waals surface area (Å²) in [6.45, 7) is 5.29. The molecule has 1 aromatic heterocycles. The number of rotatable bonds is 6. The summed E-state index contributed by atoms with van der Waals surface area (Å²) in [4.78, 5) is 16.0. The van der Waals surface area contributed by atoms with Gasteiger partial charge in [0.15, 0.2) is 0 Å². The summed E-state index contributed by atoms with van der Waals surface area (Å²) >= 11 is 1.66. The molecule has 0 aliphatic heterocycles. The summed E-state index contributed by atoms with van der Waals surface area (Å²) in [5.74, 6) is 0. The molecule has 2 rings (SSSR count). The first-order valence-corrected chi connectivity index (χ1v) is 7.30. The number of hydrogen-bond donors (Lipinski definition) is 1. The van der Waals surface area contributed by atoms with Crippen molar-refractivity contribution in [3.63, 3.8) is 0 Å². The zero-order valence-electron chi connectivity index (χ0n) is 11.5. The normalized spacial score (nSPS) is 10.7. The molecular formula is C14H17N3O2S. The Bertz CT molecular complexity index is 610. The minimum atomic E-state index is -0.334. The summed E-state index contributed by atoms with van der Waals surface area (Å²) in [5.41, 5.74) is 4.83. The fourth-order valence-electron chi connectivity index (χ4n) is 2.05. The highest BCUT2D eigenvalue weighted by Gasteiger charge is 2.12. The van der Waals surface area contributed by atoms with Gasteiger partial charge in [-0.1, -0.05) is 12.1 Å². The lowest BCUT2D eigenvalue weighted by Gasteiger charge is -2.07. The van der Waals surface area contributed by atoms with Crippen LogP contribution in [0.15, 0.2) is 23.7 Å². The Kier molecular flexibility index (Phi) is 4.81. The fourth-order valence-corrected chi connectivity index (χ4v) is 2.83. The maximum Gasteiger partial charge on any atom is 0.272 e. The lowest BCUT2D eigenvalue weighted by atomic mass is 10.1. The van der Waals surface area contributed by atoms with E-state index < -0.39 is 0 Å². The Morgan fingerprint density at radius 3 is 2.85 bits per heavy atom. The number of nitro benzene ring substituents is 1. The predicted octanol–water partition coefficient (Wildman–Crippen LogP) is 3.00. The van der Waals surface area contributed by atoms with Crippen molar-refractivity contribution in [3.05, 3.63) is 55.5 Å². The van der Waals surface area contributed by atoms with Crippen molar-refractivity contribution in [2.45, 2.75) is 26.8 Å². The summed E-state index contributed by atoms with van der Waals surface area (Å²) in [6.07, 6.45) is 0.935. The average Bonchev–Trinajstić information content (AvgIpc) is 2.81. The molecule has 1 heterocycles. The van der Waals surface area contributed by atoms with E-state index in [1.165, 1.54) is 4.88 Å². The van der Waals surface area contributed by atoms with Gasteiger partial charge in [-0.3, -0.25) is 10.1 Å². The number of nitrogens with one attached hydrogen (secondary N) is 1. The van der Waals surface area contributed by atoms with E-state index >= 15 is 0 Å². The van der Waals surface area contributed by atoms with Gasteiger partial charge in [0.2, 0.25) is 0 Å². The van der Waals surface area contributed by atoms with E-state index in [9.17, 15) is 10.1 Å². The molecule has 1 N–H and O–H groups in total. The van der Waals surface area contributed by atoms with Crippen LogP contribution < -0.4 is 5.32 Å². The number of nitrogens with zero attached hydrogens (tertiary/aromatic N) is 2. The summed E-state index contributed by atoms with van der Waals surface area (Å²) < 4.78 is 0. The molecule has 20 heavy (non-hydrogen) atoms. The standard InChI is InChI=1S/C14H17N3O2S/c1-10-12(4-3-5-13(10)17(18)19)8-15-7-6-14-11(2)16-9-20-14/h3-5,9,15H,6-8H2,1-2H3.